The Labute approximate surface area is 181 Å². The summed E-state index contributed by atoms with van der Waals surface area (Å²) in [6.45, 7) is 5.90. The van der Waals surface area contributed by atoms with Gasteiger partial charge < -0.3 is 14.4 Å². The summed E-state index contributed by atoms with van der Waals surface area (Å²) in [6.07, 6.45) is 7.65. The second-order valence-electron chi connectivity index (χ2n) is 8.81. The first-order chi connectivity index (χ1) is 14.9. The molecular weight excluding hydrogens is 396 g/mol. The fourth-order valence-electron chi connectivity index (χ4n) is 5.76. The van der Waals surface area contributed by atoms with E-state index in [1.165, 1.54) is 4.90 Å². The summed E-state index contributed by atoms with van der Waals surface area (Å²) in [5.74, 6) is -2.07. The quantitative estimate of drug-likeness (QED) is 0.553. The largest absolute Gasteiger partial charge is 0.466 e. The van der Waals surface area contributed by atoms with Gasteiger partial charge in [-0.2, -0.15) is 0 Å². The Hall–Kier alpha value is -2.93. The summed E-state index contributed by atoms with van der Waals surface area (Å²) in [7, 11) is 0. The van der Waals surface area contributed by atoms with E-state index in [9.17, 15) is 14.4 Å². The highest BCUT2D eigenvalue weighted by molar-refractivity contribution is 6.24. The molecule has 0 aromatic heterocycles. The molecule has 6 atom stereocenters. The van der Waals surface area contributed by atoms with Crippen LogP contribution in [-0.4, -0.2) is 53.7 Å². The molecule has 2 unspecified atom stereocenters. The minimum atomic E-state index is -1.32. The Bertz CT molecular complexity index is 1000. The Balaban J connectivity index is 1.63. The van der Waals surface area contributed by atoms with Crippen molar-refractivity contribution in [2.75, 3.05) is 18.1 Å². The summed E-state index contributed by atoms with van der Waals surface area (Å²) < 4.78 is 11.4. The summed E-state index contributed by atoms with van der Waals surface area (Å²) in [5, 5.41) is 0. The normalized spacial score (nSPS) is 35.8. The highest BCUT2D eigenvalue weighted by atomic mass is 16.5. The van der Waals surface area contributed by atoms with Crippen LogP contribution >= 0.6 is 0 Å². The number of ether oxygens (including phenoxy) is 2. The highest BCUT2D eigenvalue weighted by Gasteiger charge is 2.73. The monoisotopic (exact) mass is 422 g/mol. The SMILES string of the molecule is CCOC(=O)[C@@H]1[C@H]2COC3C=CC=CC3[C@@H]2N2C(=O)N(c3ccc(C)cc3)C(=O)[C@]12C. The Morgan fingerprint density at radius 3 is 2.61 bits per heavy atom. The van der Waals surface area contributed by atoms with E-state index < -0.39 is 17.4 Å². The van der Waals surface area contributed by atoms with Crippen molar-refractivity contribution in [1.29, 1.82) is 0 Å². The van der Waals surface area contributed by atoms with Gasteiger partial charge in [-0.15, -0.1) is 0 Å². The predicted octanol–water partition coefficient (Wildman–Crippen LogP) is 2.84. The van der Waals surface area contributed by atoms with Crippen molar-refractivity contribution < 1.29 is 23.9 Å². The van der Waals surface area contributed by atoms with Crippen molar-refractivity contribution in [3.05, 3.63) is 54.1 Å². The molecule has 3 amide bonds. The van der Waals surface area contributed by atoms with E-state index in [2.05, 4.69) is 0 Å². The van der Waals surface area contributed by atoms with Gasteiger partial charge >= 0.3 is 12.0 Å². The number of urea groups is 1. The van der Waals surface area contributed by atoms with Gasteiger partial charge in [0.25, 0.3) is 5.91 Å². The molecule has 3 heterocycles. The molecule has 4 aliphatic rings. The zero-order valence-electron chi connectivity index (χ0n) is 17.9. The molecule has 3 saturated heterocycles. The van der Waals surface area contributed by atoms with Crippen molar-refractivity contribution in [3.63, 3.8) is 0 Å². The number of carbonyl (C=O) groups is 3. The molecule has 0 N–H and O–H groups in total. The molecule has 1 aromatic rings. The Kier molecular flexibility index (Phi) is 4.55. The number of carbonyl (C=O) groups excluding carboxylic acids is 3. The Morgan fingerprint density at radius 1 is 1.19 bits per heavy atom. The minimum absolute atomic E-state index is 0.128. The van der Waals surface area contributed by atoms with Crippen molar-refractivity contribution in [2.24, 2.45) is 17.8 Å². The molecule has 3 aliphatic heterocycles. The van der Waals surface area contributed by atoms with Gasteiger partial charge in [-0.25, -0.2) is 9.69 Å². The number of anilines is 1. The van der Waals surface area contributed by atoms with E-state index in [-0.39, 0.29) is 42.5 Å². The molecular formula is C24H26N2O5. The fraction of sp³-hybridized carbons (Fsp3) is 0.458. The maximum Gasteiger partial charge on any atom is 0.332 e. The van der Waals surface area contributed by atoms with Crippen LogP contribution in [0.1, 0.15) is 19.4 Å². The number of aryl methyl sites for hydroxylation is 1. The number of benzene rings is 1. The maximum atomic E-state index is 13.8. The highest BCUT2D eigenvalue weighted by Crippen LogP contribution is 2.54. The van der Waals surface area contributed by atoms with Crippen LogP contribution in [0.3, 0.4) is 0 Å². The zero-order chi connectivity index (χ0) is 21.9. The molecule has 0 bridgehead atoms. The number of rotatable bonds is 3. The van der Waals surface area contributed by atoms with E-state index in [4.69, 9.17) is 9.47 Å². The average Bonchev–Trinajstić information content (AvgIpc) is 3.14. The second-order valence-corrected chi connectivity index (χ2v) is 8.81. The number of esters is 1. The number of fused-ring (bicyclic) bond motifs is 5. The predicted molar refractivity (Wildman–Crippen MR) is 113 cm³/mol. The van der Waals surface area contributed by atoms with Crippen LogP contribution in [0.15, 0.2) is 48.6 Å². The van der Waals surface area contributed by atoms with Gasteiger partial charge in [-0.3, -0.25) is 9.59 Å². The van der Waals surface area contributed by atoms with Crippen molar-refractivity contribution in [3.8, 4) is 0 Å². The van der Waals surface area contributed by atoms with Crippen LogP contribution in [-0.2, 0) is 19.1 Å². The molecule has 1 aliphatic carbocycles. The van der Waals surface area contributed by atoms with Gasteiger partial charge in [0.05, 0.1) is 30.9 Å². The summed E-state index contributed by atoms with van der Waals surface area (Å²) in [5.41, 5.74) is 0.222. The number of imide groups is 1. The lowest BCUT2D eigenvalue weighted by Crippen LogP contribution is -2.53. The number of allylic oxidation sites excluding steroid dienone is 2. The molecule has 7 heteroatoms. The molecule has 7 nitrogen and oxygen atoms in total. The lowest BCUT2D eigenvalue weighted by Gasteiger charge is -2.42. The number of amides is 3. The third kappa shape index (κ3) is 2.65. The van der Waals surface area contributed by atoms with Crippen LogP contribution in [0.25, 0.3) is 0 Å². The maximum absolute atomic E-state index is 13.8. The number of hydrogen-bond acceptors (Lipinski definition) is 5. The van der Waals surface area contributed by atoms with Crippen LogP contribution in [0.2, 0.25) is 0 Å². The number of hydrogen-bond donors (Lipinski definition) is 0. The molecule has 0 spiro atoms. The van der Waals surface area contributed by atoms with Gasteiger partial charge in [0.15, 0.2) is 0 Å². The fourth-order valence-corrected chi connectivity index (χ4v) is 5.76. The van der Waals surface area contributed by atoms with Crippen LogP contribution in [0.4, 0.5) is 10.5 Å². The van der Waals surface area contributed by atoms with Gasteiger partial charge in [-0.05, 0) is 32.9 Å². The zero-order valence-corrected chi connectivity index (χ0v) is 17.9. The molecule has 5 rings (SSSR count). The standard InChI is InChI=1S/C24H26N2O5/c1-4-30-21(27)19-17-13-31-18-8-6-5-7-16(18)20(17)26-23(29)25(22(28)24(19,26)3)15-11-9-14(2)10-12-15/h5-12,16-20H,4,13H2,1-3H3/t16?,17-,18?,19+,20+,24+/m1/s1. The molecule has 0 radical (unpaired) electrons. The Morgan fingerprint density at radius 2 is 1.90 bits per heavy atom. The van der Waals surface area contributed by atoms with E-state index >= 15 is 0 Å². The third-order valence-electron chi connectivity index (χ3n) is 7.14. The van der Waals surface area contributed by atoms with Gasteiger partial charge in [0.2, 0.25) is 0 Å². The summed E-state index contributed by atoms with van der Waals surface area (Å²) >= 11 is 0. The van der Waals surface area contributed by atoms with Gasteiger partial charge in [0.1, 0.15) is 5.54 Å². The molecule has 31 heavy (non-hydrogen) atoms. The average molecular weight is 422 g/mol. The lowest BCUT2D eigenvalue weighted by molar-refractivity contribution is -0.156. The van der Waals surface area contributed by atoms with Crippen molar-refractivity contribution in [1.82, 2.24) is 4.90 Å². The van der Waals surface area contributed by atoms with Crippen LogP contribution in [0, 0.1) is 24.7 Å². The number of nitrogens with zero attached hydrogens (tertiary/aromatic N) is 2. The van der Waals surface area contributed by atoms with E-state index in [1.54, 1.807) is 30.9 Å². The van der Waals surface area contributed by atoms with Gasteiger partial charge in [-0.1, -0.05) is 42.0 Å². The van der Waals surface area contributed by atoms with Gasteiger partial charge in [0, 0.05) is 17.9 Å². The van der Waals surface area contributed by atoms with Crippen molar-refractivity contribution in [2.45, 2.75) is 38.5 Å². The third-order valence-corrected chi connectivity index (χ3v) is 7.14. The van der Waals surface area contributed by atoms with E-state index in [0.29, 0.717) is 12.3 Å². The van der Waals surface area contributed by atoms with Crippen LogP contribution < -0.4 is 4.90 Å². The minimum Gasteiger partial charge on any atom is -0.466 e. The van der Waals surface area contributed by atoms with E-state index in [0.717, 1.165) is 5.56 Å². The van der Waals surface area contributed by atoms with Crippen molar-refractivity contribution >= 4 is 23.6 Å². The molecule has 0 saturated carbocycles. The topological polar surface area (TPSA) is 76.2 Å². The molecule has 3 fully saturated rings. The summed E-state index contributed by atoms with van der Waals surface area (Å²) in [4.78, 5) is 43.5. The molecule has 1 aromatic carbocycles. The summed E-state index contributed by atoms with van der Waals surface area (Å²) in [6, 6.07) is 6.56. The second kappa shape index (κ2) is 7.05. The molecule has 162 valence electrons. The first-order valence-electron chi connectivity index (χ1n) is 10.8. The first kappa shape index (κ1) is 20.0. The van der Waals surface area contributed by atoms with Crippen LogP contribution in [0.5, 0.6) is 0 Å². The first-order valence-corrected chi connectivity index (χ1v) is 10.8. The van der Waals surface area contributed by atoms with E-state index in [1.807, 2.05) is 43.4 Å². The lowest BCUT2D eigenvalue weighted by atomic mass is 9.74. The smallest absolute Gasteiger partial charge is 0.332 e.